The molecule has 1 amide bonds. The Morgan fingerprint density at radius 1 is 1.27 bits per heavy atom. The molecule has 7 heteroatoms. The van der Waals surface area contributed by atoms with Crippen LogP contribution in [0.25, 0.3) is 0 Å². The van der Waals surface area contributed by atoms with Crippen molar-refractivity contribution in [1.82, 2.24) is 14.9 Å². The number of hydrogen-bond acceptors (Lipinski definition) is 4. The van der Waals surface area contributed by atoms with Gasteiger partial charge in [-0.2, -0.15) is 8.78 Å². The van der Waals surface area contributed by atoms with Crippen LogP contribution in [0.3, 0.4) is 0 Å². The molecule has 0 spiro atoms. The van der Waals surface area contributed by atoms with Gasteiger partial charge in [-0.15, -0.1) is 0 Å². The molecule has 1 aliphatic rings. The van der Waals surface area contributed by atoms with E-state index in [9.17, 15) is 13.6 Å². The quantitative estimate of drug-likeness (QED) is 0.861. The molecular formula is C15H21F2N3O2. The van der Waals surface area contributed by atoms with Crippen molar-refractivity contribution in [1.29, 1.82) is 0 Å². The number of alkyl halides is 2. The van der Waals surface area contributed by atoms with Crippen molar-refractivity contribution >= 4 is 6.09 Å². The highest BCUT2D eigenvalue weighted by atomic mass is 19.3. The lowest BCUT2D eigenvalue weighted by molar-refractivity contribution is -0.00122. The van der Waals surface area contributed by atoms with E-state index in [1.54, 1.807) is 4.90 Å². The molecule has 0 aromatic carbocycles. The maximum atomic E-state index is 13.0. The number of aromatic nitrogens is 2. The van der Waals surface area contributed by atoms with Crippen LogP contribution in [0, 0.1) is 5.92 Å². The summed E-state index contributed by atoms with van der Waals surface area (Å²) in [7, 11) is 0. The molecule has 1 fully saturated rings. The predicted molar refractivity (Wildman–Crippen MR) is 76.6 cm³/mol. The lowest BCUT2D eigenvalue weighted by Gasteiger charge is -2.39. The summed E-state index contributed by atoms with van der Waals surface area (Å²) in [6.07, 6.45) is 3.20. The Bertz CT molecular complexity index is 529. The van der Waals surface area contributed by atoms with Crippen molar-refractivity contribution in [2.24, 2.45) is 5.92 Å². The second-order valence-electron chi connectivity index (χ2n) is 6.76. The molecule has 0 atom stereocenters. The molecule has 2 heterocycles. The minimum absolute atomic E-state index is 0.282. The van der Waals surface area contributed by atoms with Crippen LogP contribution < -0.4 is 0 Å². The van der Waals surface area contributed by atoms with Crippen LogP contribution in [0.2, 0.25) is 0 Å². The van der Waals surface area contributed by atoms with Crippen LogP contribution in [0.15, 0.2) is 12.4 Å². The average molecular weight is 313 g/mol. The van der Waals surface area contributed by atoms with E-state index < -0.39 is 17.3 Å². The third kappa shape index (κ3) is 4.35. The third-order valence-electron chi connectivity index (χ3n) is 3.23. The molecule has 1 saturated heterocycles. The fourth-order valence-corrected chi connectivity index (χ4v) is 2.19. The molecule has 0 aliphatic carbocycles. The number of amides is 1. The Morgan fingerprint density at radius 3 is 2.27 bits per heavy atom. The van der Waals surface area contributed by atoms with E-state index in [0.29, 0.717) is 19.5 Å². The van der Waals surface area contributed by atoms with Gasteiger partial charge in [-0.1, -0.05) is 0 Å². The van der Waals surface area contributed by atoms with E-state index >= 15 is 0 Å². The van der Waals surface area contributed by atoms with E-state index in [1.165, 1.54) is 12.4 Å². The van der Waals surface area contributed by atoms with Gasteiger partial charge in [0.15, 0.2) is 5.82 Å². The summed E-state index contributed by atoms with van der Waals surface area (Å²) in [5.74, 6) is -3.22. The van der Waals surface area contributed by atoms with Crippen molar-refractivity contribution in [3.05, 3.63) is 23.8 Å². The van der Waals surface area contributed by atoms with Crippen LogP contribution >= 0.6 is 0 Å². The van der Waals surface area contributed by atoms with Gasteiger partial charge in [0.05, 0.1) is 0 Å². The van der Waals surface area contributed by atoms with Crippen LogP contribution in [-0.2, 0) is 17.1 Å². The Labute approximate surface area is 128 Å². The summed E-state index contributed by atoms with van der Waals surface area (Å²) < 4.78 is 31.3. The number of hydrogen-bond donors (Lipinski definition) is 0. The minimum Gasteiger partial charge on any atom is -0.444 e. The van der Waals surface area contributed by atoms with E-state index in [-0.39, 0.29) is 12.0 Å². The van der Waals surface area contributed by atoms with E-state index in [1.807, 2.05) is 20.8 Å². The first kappa shape index (κ1) is 16.6. The lowest BCUT2D eigenvalue weighted by atomic mass is 9.94. The molecule has 0 saturated carbocycles. The van der Waals surface area contributed by atoms with E-state index in [0.717, 1.165) is 12.5 Å². The predicted octanol–water partition coefficient (Wildman–Crippen LogP) is 3.00. The van der Waals surface area contributed by atoms with Crippen molar-refractivity contribution in [2.75, 3.05) is 13.1 Å². The fourth-order valence-electron chi connectivity index (χ4n) is 2.19. The van der Waals surface area contributed by atoms with Crippen molar-refractivity contribution < 1.29 is 18.3 Å². The Hall–Kier alpha value is -1.79. The van der Waals surface area contributed by atoms with Gasteiger partial charge in [0.2, 0.25) is 0 Å². The molecule has 0 N–H and O–H groups in total. The molecule has 0 bridgehead atoms. The largest absolute Gasteiger partial charge is 0.444 e. The summed E-state index contributed by atoms with van der Waals surface area (Å²) in [5, 5.41) is 0. The van der Waals surface area contributed by atoms with Gasteiger partial charge in [0.1, 0.15) is 5.60 Å². The zero-order valence-electron chi connectivity index (χ0n) is 13.3. The third-order valence-corrected chi connectivity index (χ3v) is 3.23. The molecular weight excluding hydrogens is 292 g/mol. The Balaban J connectivity index is 1.82. The number of ether oxygens (including phenoxy) is 1. The summed E-state index contributed by atoms with van der Waals surface area (Å²) >= 11 is 0. The monoisotopic (exact) mass is 313 g/mol. The standard InChI is InChI=1S/C15H21F2N3O2/c1-14(2,3)22-13(21)20-8-11(9-20)5-10-6-18-12(19-7-10)15(4,16)17/h6-7,11H,5,8-9H2,1-4H3. The summed E-state index contributed by atoms with van der Waals surface area (Å²) in [4.78, 5) is 20.8. The van der Waals surface area contributed by atoms with Gasteiger partial charge < -0.3 is 9.64 Å². The van der Waals surface area contributed by atoms with E-state index in [2.05, 4.69) is 9.97 Å². The SMILES string of the molecule is CC(C)(C)OC(=O)N1CC(Cc2cnc(C(C)(F)F)nc2)C1. The number of carbonyl (C=O) groups excluding carboxylic acids is 1. The molecule has 5 nitrogen and oxygen atoms in total. The highest BCUT2D eigenvalue weighted by Crippen LogP contribution is 2.25. The minimum atomic E-state index is -3.03. The molecule has 0 unspecified atom stereocenters. The van der Waals surface area contributed by atoms with E-state index in [4.69, 9.17) is 4.74 Å². The van der Waals surface area contributed by atoms with Crippen molar-refractivity contribution in [3.63, 3.8) is 0 Å². The first-order valence-corrected chi connectivity index (χ1v) is 7.22. The first-order chi connectivity index (χ1) is 10.0. The number of likely N-dealkylation sites (tertiary alicyclic amines) is 1. The zero-order valence-corrected chi connectivity index (χ0v) is 13.3. The molecule has 122 valence electrons. The molecule has 1 aliphatic heterocycles. The average Bonchev–Trinajstić information content (AvgIpc) is 2.30. The summed E-state index contributed by atoms with van der Waals surface area (Å²) in [5.41, 5.74) is 0.291. The van der Waals surface area contributed by atoms with Crippen LogP contribution in [0.1, 0.15) is 39.1 Å². The van der Waals surface area contributed by atoms with Crippen molar-refractivity contribution in [2.45, 2.75) is 45.6 Å². The molecule has 22 heavy (non-hydrogen) atoms. The first-order valence-electron chi connectivity index (χ1n) is 7.22. The molecule has 1 aromatic heterocycles. The number of nitrogens with zero attached hydrogens (tertiary/aromatic N) is 3. The highest BCUT2D eigenvalue weighted by molar-refractivity contribution is 5.69. The van der Waals surface area contributed by atoms with Gasteiger partial charge in [0, 0.05) is 32.4 Å². The summed E-state index contributed by atoms with van der Waals surface area (Å²) in [6, 6.07) is 0. The Kier molecular flexibility index (Phi) is 4.35. The maximum absolute atomic E-state index is 13.0. The number of rotatable bonds is 3. The zero-order chi connectivity index (χ0) is 16.5. The second kappa shape index (κ2) is 5.78. The molecule has 2 rings (SSSR count). The van der Waals surface area contributed by atoms with Crippen molar-refractivity contribution in [3.8, 4) is 0 Å². The van der Waals surface area contributed by atoms with Gasteiger partial charge >= 0.3 is 12.0 Å². The normalized spacial score (nSPS) is 16.4. The van der Waals surface area contributed by atoms with Gasteiger partial charge in [-0.3, -0.25) is 0 Å². The Morgan fingerprint density at radius 2 is 1.82 bits per heavy atom. The number of carbonyl (C=O) groups is 1. The summed E-state index contributed by atoms with van der Waals surface area (Å²) in [6.45, 7) is 7.44. The maximum Gasteiger partial charge on any atom is 0.410 e. The topological polar surface area (TPSA) is 55.3 Å². The lowest BCUT2D eigenvalue weighted by Crippen LogP contribution is -2.52. The van der Waals surface area contributed by atoms with Gasteiger partial charge in [0.25, 0.3) is 0 Å². The smallest absolute Gasteiger partial charge is 0.410 e. The van der Waals surface area contributed by atoms with Gasteiger partial charge in [-0.05, 0) is 38.7 Å². The van der Waals surface area contributed by atoms with Crippen LogP contribution in [-0.4, -0.2) is 39.7 Å². The van der Waals surface area contributed by atoms with Gasteiger partial charge in [-0.25, -0.2) is 14.8 Å². The highest BCUT2D eigenvalue weighted by Gasteiger charge is 2.34. The second-order valence-corrected chi connectivity index (χ2v) is 6.76. The van der Waals surface area contributed by atoms with Crippen LogP contribution in [0.4, 0.5) is 13.6 Å². The fraction of sp³-hybridized carbons (Fsp3) is 0.667. The van der Waals surface area contributed by atoms with Crippen LogP contribution in [0.5, 0.6) is 0 Å². The molecule has 1 aromatic rings. The number of halogens is 2. The molecule has 0 radical (unpaired) electrons.